The van der Waals surface area contributed by atoms with Crippen LogP contribution < -0.4 is 15.0 Å². The van der Waals surface area contributed by atoms with Crippen molar-refractivity contribution in [1.82, 2.24) is 4.98 Å². The molecule has 4 rings (SSSR count). The van der Waals surface area contributed by atoms with Gasteiger partial charge in [-0.3, -0.25) is 4.79 Å². The first-order valence-corrected chi connectivity index (χ1v) is 12.1. The molecule has 2 aliphatic heterocycles. The SMILES string of the molecule is COCCCOc1cc2c(cc1C1CCOCC1)-c1[nH]c(=O)c(C(=O)O)c(O)c1[C@H](C(C)C)CO2. The normalized spacial score (nSPS) is 17.9. The Morgan fingerprint density at radius 1 is 1.23 bits per heavy atom. The maximum atomic E-state index is 12.7. The van der Waals surface area contributed by atoms with Crippen LogP contribution >= 0.6 is 0 Å². The Balaban J connectivity index is 1.90. The summed E-state index contributed by atoms with van der Waals surface area (Å²) >= 11 is 0. The van der Waals surface area contributed by atoms with Crippen LogP contribution in [0, 0.1) is 5.92 Å². The fraction of sp³-hybridized carbons (Fsp3) is 0.538. The molecule has 190 valence electrons. The van der Waals surface area contributed by atoms with Crippen molar-refractivity contribution in [3.05, 3.63) is 39.2 Å². The van der Waals surface area contributed by atoms with E-state index in [0.29, 0.717) is 54.7 Å². The first kappa shape index (κ1) is 25.1. The molecule has 0 aliphatic carbocycles. The van der Waals surface area contributed by atoms with Crippen LogP contribution in [0.4, 0.5) is 0 Å². The number of aromatic hydroxyl groups is 1. The van der Waals surface area contributed by atoms with Crippen LogP contribution in [-0.4, -0.2) is 61.3 Å². The minimum atomic E-state index is -1.47. The molecule has 0 unspecified atom stereocenters. The minimum Gasteiger partial charge on any atom is -0.506 e. The quantitative estimate of drug-likeness (QED) is 0.479. The summed E-state index contributed by atoms with van der Waals surface area (Å²) in [6, 6.07) is 3.80. The number of H-pyrrole nitrogens is 1. The molecule has 1 aromatic carbocycles. The van der Waals surface area contributed by atoms with E-state index >= 15 is 0 Å². The fourth-order valence-electron chi connectivity index (χ4n) is 4.90. The van der Waals surface area contributed by atoms with Crippen molar-refractivity contribution in [2.24, 2.45) is 5.92 Å². The number of hydrogen-bond acceptors (Lipinski definition) is 7. The number of carboxylic acids is 1. The van der Waals surface area contributed by atoms with Crippen molar-refractivity contribution in [3.8, 4) is 28.5 Å². The second kappa shape index (κ2) is 10.7. The van der Waals surface area contributed by atoms with Crippen molar-refractivity contribution in [2.75, 3.05) is 40.1 Å². The molecule has 0 saturated carbocycles. The molecule has 9 nitrogen and oxygen atoms in total. The largest absolute Gasteiger partial charge is 0.506 e. The summed E-state index contributed by atoms with van der Waals surface area (Å²) < 4.78 is 23.0. The van der Waals surface area contributed by atoms with Gasteiger partial charge in [0, 0.05) is 56.5 Å². The number of pyridine rings is 1. The highest BCUT2D eigenvalue weighted by molar-refractivity contribution is 5.92. The predicted octanol–water partition coefficient (Wildman–Crippen LogP) is 3.89. The third-order valence-corrected chi connectivity index (χ3v) is 6.83. The Morgan fingerprint density at radius 3 is 2.63 bits per heavy atom. The number of hydrogen-bond donors (Lipinski definition) is 3. The van der Waals surface area contributed by atoms with Crippen LogP contribution in [0.25, 0.3) is 11.3 Å². The number of methoxy groups -OCH3 is 1. The van der Waals surface area contributed by atoms with Gasteiger partial charge < -0.3 is 34.1 Å². The number of nitrogens with one attached hydrogen (secondary N) is 1. The zero-order valence-corrected chi connectivity index (χ0v) is 20.4. The molecule has 1 fully saturated rings. The zero-order valence-electron chi connectivity index (χ0n) is 20.4. The van der Waals surface area contributed by atoms with Gasteiger partial charge in [-0.2, -0.15) is 0 Å². The zero-order chi connectivity index (χ0) is 25.1. The van der Waals surface area contributed by atoms with Gasteiger partial charge in [0.05, 0.1) is 18.9 Å². The van der Waals surface area contributed by atoms with E-state index < -0.39 is 22.8 Å². The van der Waals surface area contributed by atoms with Crippen molar-refractivity contribution < 1.29 is 34.0 Å². The number of carbonyl (C=O) groups is 1. The Bertz CT molecular complexity index is 1130. The van der Waals surface area contributed by atoms with E-state index in [1.807, 2.05) is 26.0 Å². The molecule has 2 aromatic rings. The number of aromatic amines is 1. The molecular weight excluding hydrogens is 454 g/mol. The number of benzene rings is 1. The highest BCUT2D eigenvalue weighted by atomic mass is 16.5. The van der Waals surface area contributed by atoms with Gasteiger partial charge in [0.25, 0.3) is 5.56 Å². The molecule has 0 amide bonds. The first-order chi connectivity index (χ1) is 16.8. The van der Waals surface area contributed by atoms with Crippen LogP contribution in [0.5, 0.6) is 17.2 Å². The molecule has 3 heterocycles. The standard InChI is InChI=1S/C26H33NO8/c1-14(2)18-13-35-20-12-19(34-8-4-7-32-3)16(15-5-9-33-10-6-15)11-17(20)23-21(18)24(28)22(26(30)31)25(29)27-23/h11-12,14-15,18H,4-10,13H2,1-3H3,(H,30,31)(H2,27,28,29)/t18-/m0/s1. The highest BCUT2D eigenvalue weighted by Gasteiger charge is 2.34. The molecule has 0 bridgehead atoms. The monoisotopic (exact) mass is 487 g/mol. The van der Waals surface area contributed by atoms with E-state index in [4.69, 9.17) is 18.9 Å². The molecule has 2 aliphatic rings. The molecule has 9 heteroatoms. The van der Waals surface area contributed by atoms with Gasteiger partial charge in [0.2, 0.25) is 0 Å². The van der Waals surface area contributed by atoms with Crippen LogP contribution in [0.2, 0.25) is 0 Å². The molecular formula is C26H33NO8. The van der Waals surface area contributed by atoms with Gasteiger partial charge in [-0.15, -0.1) is 0 Å². The lowest BCUT2D eigenvalue weighted by molar-refractivity contribution is 0.0691. The second-order valence-corrected chi connectivity index (χ2v) is 9.40. The van der Waals surface area contributed by atoms with E-state index in [9.17, 15) is 19.8 Å². The van der Waals surface area contributed by atoms with Crippen LogP contribution in [0.15, 0.2) is 16.9 Å². The molecule has 0 spiro atoms. The summed E-state index contributed by atoms with van der Waals surface area (Å²) in [6.45, 7) is 6.51. The number of fused-ring (bicyclic) bond motifs is 3. The van der Waals surface area contributed by atoms with Gasteiger partial charge in [-0.25, -0.2) is 4.79 Å². The van der Waals surface area contributed by atoms with Crippen LogP contribution in [0.3, 0.4) is 0 Å². The summed E-state index contributed by atoms with van der Waals surface area (Å²) in [5.41, 5.74) is 0.866. The van der Waals surface area contributed by atoms with Crippen molar-refractivity contribution in [3.63, 3.8) is 0 Å². The Kier molecular flexibility index (Phi) is 7.66. The topological polar surface area (TPSA) is 127 Å². The summed E-state index contributed by atoms with van der Waals surface area (Å²) in [4.78, 5) is 27.2. The van der Waals surface area contributed by atoms with Gasteiger partial charge in [-0.1, -0.05) is 13.8 Å². The summed E-state index contributed by atoms with van der Waals surface area (Å²) in [6.07, 6.45) is 2.39. The van der Waals surface area contributed by atoms with Crippen molar-refractivity contribution >= 4 is 5.97 Å². The number of carboxylic acid groups (broad SMARTS) is 1. The average Bonchev–Trinajstić information content (AvgIpc) is 2.98. The fourth-order valence-corrected chi connectivity index (χ4v) is 4.90. The van der Waals surface area contributed by atoms with E-state index in [1.54, 1.807) is 7.11 Å². The highest BCUT2D eigenvalue weighted by Crippen LogP contribution is 2.48. The van der Waals surface area contributed by atoms with E-state index in [0.717, 1.165) is 24.8 Å². The molecule has 0 radical (unpaired) electrons. The predicted molar refractivity (Wildman–Crippen MR) is 129 cm³/mol. The number of rotatable bonds is 8. The average molecular weight is 488 g/mol. The summed E-state index contributed by atoms with van der Waals surface area (Å²) in [5, 5.41) is 20.5. The van der Waals surface area contributed by atoms with Gasteiger partial charge in [0.15, 0.2) is 5.56 Å². The molecule has 35 heavy (non-hydrogen) atoms. The minimum absolute atomic E-state index is 0.0150. The maximum Gasteiger partial charge on any atom is 0.345 e. The molecule has 1 atom stereocenters. The van der Waals surface area contributed by atoms with E-state index in [2.05, 4.69) is 4.98 Å². The van der Waals surface area contributed by atoms with Crippen LogP contribution in [0.1, 0.15) is 66.4 Å². The summed E-state index contributed by atoms with van der Waals surface area (Å²) in [5.74, 6) is -0.861. The van der Waals surface area contributed by atoms with Crippen molar-refractivity contribution in [2.45, 2.75) is 44.9 Å². The maximum absolute atomic E-state index is 12.7. The lowest BCUT2D eigenvalue weighted by Crippen LogP contribution is -2.23. The third kappa shape index (κ3) is 5.01. The van der Waals surface area contributed by atoms with Gasteiger partial charge in [0.1, 0.15) is 17.2 Å². The Morgan fingerprint density at radius 2 is 1.97 bits per heavy atom. The third-order valence-electron chi connectivity index (χ3n) is 6.83. The van der Waals surface area contributed by atoms with E-state index in [1.165, 1.54) is 0 Å². The van der Waals surface area contributed by atoms with Crippen molar-refractivity contribution in [1.29, 1.82) is 0 Å². The van der Waals surface area contributed by atoms with Gasteiger partial charge >= 0.3 is 5.97 Å². The number of aromatic carboxylic acids is 1. The molecule has 1 saturated heterocycles. The van der Waals surface area contributed by atoms with E-state index in [-0.39, 0.29) is 24.4 Å². The first-order valence-electron chi connectivity index (χ1n) is 12.1. The Labute approximate surface area is 204 Å². The van der Waals surface area contributed by atoms with Crippen LogP contribution in [-0.2, 0) is 9.47 Å². The second-order valence-electron chi connectivity index (χ2n) is 9.40. The number of ether oxygens (including phenoxy) is 4. The summed E-state index contributed by atoms with van der Waals surface area (Å²) in [7, 11) is 1.65. The number of aromatic nitrogens is 1. The lowest BCUT2D eigenvalue weighted by atomic mass is 9.84. The smallest absolute Gasteiger partial charge is 0.345 e. The van der Waals surface area contributed by atoms with Gasteiger partial charge in [-0.05, 0) is 36.3 Å². The molecule has 3 N–H and O–H groups in total. The molecule has 1 aromatic heterocycles. The Hall–Kier alpha value is -3.04. The lowest BCUT2D eigenvalue weighted by Gasteiger charge is -2.26.